The van der Waals surface area contributed by atoms with Crippen LogP contribution >= 0.6 is 11.8 Å². The summed E-state index contributed by atoms with van der Waals surface area (Å²) in [6.07, 6.45) is 3.19. The highest BCUT2D eigenvalue weighted by atomic mass is 32.2. The zero-order chi connectivity index (χ0) is 18.8. The molecule has 4 rings (SSSR count). The summed E-state index contributed by atoms with van der Waals surface area (Å²) in [4.78, 5) is 26.6. The van der Waals surface area contributed by atoms with Gasteiger partial charge in [0, 0.05) is 25.2 Å². The van der Waals surface area contributed by atoms with Gasteiger partial charge in [-0.2, -0.15) is 8.78 Å². The lowest BCUT2D eigenvalue weighted by molar-refractivity contribution is 0.0700. The number of para-hydroxylation sites is 2. The number of nitrogens with one attached hydrogen (secondary N) is 1. The van der Waals surface area contributed by atoms with Crippen molar-refractivity contribution in [3.05, 3.63) is 54.0 Å². The molecule has 1 aliphatic heterocycles. The van der Waals surface area contributed by atoms with E-state index in [1.165, 1.54) is 6.20 Å². The third-order valence-electron chi connectivity index (χ3n) is 4.71. The standard InChI is InChI=1S/C19H18F2N4OS/c20-19(21)27-17-13(6-3-9-22-17)18(26)25-10-4-5-12(11-25)16-23-14-7-1-2-8-15(14)24-16/h1-3,6-9,12,19H,4-5,10-11H2,(H,23,24)/t12-/m1/s1. The van der Waals surface area contributed by atoms with Crippen LogP contribution in [0.4, 0.5) is 8.78 Å². The van der Waals surface area contributed by atoms with Gasteiger partial charge in [-0.1, -0.05) is 12.1 Å². The molecule has 1 N–H and O–H groups in total. The molecular weight excluding hydrogens is 370 g/mol. The van der Waals surface area contributed by atoms with E-state index < -0.39 is 5.76 Å². The van der Waals surface area contributed by atoms with E-state index in [4.69, 9.17) is 0 Å². The van der Waals surface area contributed by atoms with E-state index in [1.54, 1.807) is 17.0 Å². The predicted octanol–water partition coefficient (Wildman–Crippen LogP) is 4.29. The molecule has 1 aromatic carbocycles. The second-order valence-electron chi connectivity index (χ2n) is 6.46. The number of hydrogen-bond acceptors (Lipinski definition) is 4. The molecule has 27 heavy (non-hydrogen) atoms. The van der Waals surface area contributed by atoms with Crippen LogP contribution < -0.4 is 0 Å². The Morgan fingerprint density at radius 2 is 2.11 bits per heavy atom. The van der Waals surface area contributed by atoms with Crippen LogP contribution in [0.3, 0.4) is 0 Å². The summed E-state index contributed by atoms with van der Waals surface area (Å²) in [6, 6.07) is 11.0. The number of fused-ring (bicyclic) bond motifs is 1. The first kappa shape index (κ1) is 17.9. The van der Waals surface area contributed by atoms with Crippen LogP contribution in [0.1, 0.15) is 34.9 Å². The van der Waals surface area contributed by atoms with Gasteiger partial charge in [0.1, 0.15) is 10.9 Å². The number of halogens is 2. The first-order valence-corrected chi connectivity index (χ1v) is 9.63. The van der Waals surface area contributed by atoms with E-state index in [1.807, 2.05) is 24.3 Å². The van der Waals surface area contributed by atoms with Crippen molar-refractivity contribution in [2.45, 2.75) is 29.5 Å². The molecule has 8 heteroatoms. The lowest BCUT2D eigenvalue weighted by atomic mass is 9.97. The Bertz CT molecular complexity index is 929. The third-order valence-corrected chi connectivity index (χ3v) is 5.43. The summed E-state index contributed by atoms with van der Waals surface area (Å²) < 4.78 is 25.6. The molecule has 1 amide bonds. The van der Waals surface area contributed by atoms with E-state index in [9.17, 15) is 13.6 Å². The van der Waals surface area contributed by atoms with Crippen LogP contribution in [-0.2, 0) is 0 Å². The van der Waals surface area contributed by atoms with Crippen molar-refractivity contribution < 1.29 is 13.6 Å². The molecular formula is C19H18F2N4OS. The molecule has 2 aromatic heterocycles. The SMILES string of the molecule is O=C(c1cccnc1SC(F)F)N1CCC[C@@H](c2nc3ccccc3[nH]2)C1. The van der Waals surface area contributed by atoms with E-state index in [0.29, 0.717) is 24.9 Å². The summed E-state index contributed by atoms with van der Waals surface area (Å²) in [5, 5.41) is 0.0726. The molecule has 3 heterocycles. The number of alkyl halides is 2. The summed E-state index contributed by atoms with van der Waals surface area (Å²) in [6.45, 7) is 1.11. The number of carbonyl (C=O) groups excluding carboxylic acids is 1. The molecule has 0 bridgehead atoms. The van der Waals surface area contributed by atoms with Gasteiger partial charge in [-0.05, 0) is 48.9 Å². The van der Waals surface area contributed by atoms with Gasteiger partial charge in [0.15, 0.2) is 0 Å². The number of thioether (sulfide) groups is 1. The highest BCUT2D eigenvalue weighted by Crippen LogP contribution is 2.30. The summed E-state index contributed by atoms with van der Waals surface area (Å²) >= 11 is 0.307. The van der Waals surface area contributed by atoms with Crippen molar-refractivity contribution in [2.24, 2.45) is 0 Å². The van der Waals surface area contributed by atoms with Gasteiger partial charge in [0.25, 0.3) is 11.7 Å². The predicted molar refractivity (Wildman–Crippen MR) is 100 cm³/mol. The minimum absolute atomic E-state index is 0.0726. The number of H-pyrrole nitrogens is 1. The lowest BCUT2D eigenvalue weighted by Crippen LogP contribution is -2.39. The average molecular weight is 388 g/mol. The van der Waals surface area contributed by atoms with Gasteiger partial charge < -0.3 is 9.88 Å². The number of aromatic nitrogens is 3. The zero-order valence-electron chi connectivity index (χ0n) is 14.4. The van der Waals surface area contributed by atoms with Crippen LogP contribution in [0.25, 0.3) is 11.0 Å². The van der Waals surface area contributed by atoms with Crippen LogP contribution in [0.2, 0.25) is 0 Å². The molecule has 140 valence electrons. The molecule has 1 saturated heterocycles. The number of rotatable bonds is 4. The number of aromatic amines is 1. The molecule has 1 aliphatic rings. The maximum Gasteiger partial charge on any atom is 0.290 e. The highest BCUT2D eigenvalue weighted by molar-refractivity contribution is 7.99. The maximum atomic E-state index is 12.9. The Balaban J connectivity index is 1.55. The molecule has 5 nitrogen and oxygen atoms in total. The number of carbonyl (C=O) groups is 1. The van der Waals surface area contributed by atoms with Gasteiger partial charge in [0.2, 0.25) is 0 Å². The Hall–Kier alpha value is -2.48. The van der Waals surface area contributed by atoms with Gasteiger partial charge in [0.05, 0.1) is 16.6 Å². The van der Waals surface area contributed by atoms with Crippen LogP contribution in [-0.4, -0.2) is 44.6 Å². The zero-order valence-corrected chi connectivity index (χ0v) is 15.3. The minimum atomic E-state index is -2.61. The Labute approximate surface area is 159 Å². The largest absolute Gasteiger partial charge is 0.342 e. The van der Waals surface area contributed by atoms with Crippen LogP contribution in [0.5, 0.6) is 0 Å². The number of piperidine rings is 1. The van der Waals surface area contributed by atoms with Crippen molar-refractivity contribution in [3.8, 4) is 0 Å². The van der Waals surface area contributed by atoms with Gasteiger partial charge in [-0.25, -0.2) is 9.97 Å². The highest BCUT2D eigenvalue weighted by Gasteiger charge is 2.29. The van der Waals surface area contributed by atoms with Crippen molar-refractivity contribution in [1.82, 2.24) is 19.9 Å². The fourth-order valence-corrected chi connectivity index (χ4v) is 4.03. The smallest absolute Gasteiger partial charge is 0.290 e. The number of nitrogens with zero attached hydrogens (tertiary/aromatic N) is 3. The van der Waals surface area contributed by atoms with Crippen molar-refractivity contribution >= 4 is 28.7 Å². The molecule has 0 spiro atoms. The second-order valence-corrected chi connectivity index (χ2v) is 7.44. The van der Waals surface area contributed by atoms with E-state index >= 15 is 0 Å². The van der Waals surface area contributed by atoms with Crippen molar-refractivity contribution in [1.29, 1.82) is 0 Å². The monoisotopic (exact) mass is 388 g/mol. The van der Waals surface area contributed by atoms with Crippen LogP contribution in [0, 0.1) is 0 Å². The van der Waals surface area contributed by atoms with Crippen molar-refractivity contribution in [3.63, 3.8) is 0 Å². The van der Waals surface area contributed by atoms with Gasteiger partial charge in [-0.15, -0.1) is 0 Å². The van der Waals surface area contributed by atoms with Gasteiger partial charge in [-0.3, -0.25) is 4.79 Å². The maximum absolute atomic E-state index is 12.9. The quantitative estimate of drug-likeness (QED) is 0.677. The number of benzene rings is 1. The summed E-state index contributed by atoms with van der Waals surface area (Å²) in [5.41, 5.74) is 2.10. The summed E-state index contributed by atoms with van der Waals surface area (Å²) in [7, 11) is 0. The van der Waals surface area contributed by atoms with Gasteiger partial charge >= 0.3 is 0 Å². The number of pyridine rings is 1. The molecule has 1 fully saturated rings. The molecule has 0 unspecified atom stereocenters. The molecule has 1 atom stereocenters. The Morgan fingerprint density at radius 3 is 2.93 bits per heavy atom. The Kier molecular flexibility index (Phi) is 5.07. The number of imidazole rings is 1. The number of amides is 1. The fourth-order valence-electron chi connectivity index (χ4n) is 3.45. The topological polar surface area (TPSA) is 61.9 Å². The first-order chi connectivity index (χ1) is 13.1. The van der Waals surface area contributed by atoms with E-state index in [-0.39, 0.29) is 22.4 Å². The molecule has 0 radical (unpaired) electrons. The number of likely N-dealkylation sites (tertiary alicyclic amines) is 1. The minimum Gasteiger partial charge on any atom is -0.342 e. The Morgan fingerprint density at radius 1 is 1.26 bits per heavy atom. The normalized spacial score (nSPS) is 17.6. The molecule has 3 aromatic rings. The van der Waals surface area contributed by atoms with E-state index in [2.05, 4.69) is 15.0 Å². The number of hydrogen-bond donors (Lipinski definition) is 1. The summed E-state index contributed by atoms with van der Waals surface area (Å²) in [5.74, 6) is -1.91. The second kappa shape index (κ2) is 7.64. The average Bonchev–Trinajstić information content (AvgIpc) is 3.12. The fraction of sp³-hybridized carbons (Fsp3) is 0.316. The molecule has 0 saturated carbocycles. The van der Waals surface area contributed by atoms with Crippen LogP contribution in [0.15, 0.2) is 47.6 Å². The molecule has 0 aliphatic carbocycles. The van der Waals surface area contributed by atoms with E-state index in [0.717, 1.165) is 29.7 Å². The first-order valence-electron chi connectivity index (χ1n) is 8.75. The van der Waals surface area contributed by atoms with Crippen molar-refractivity contribution in [2.75, 3.05) is 13.1 Å². The lowest BCUT2D eigenvalue weighted by Gasteiger charge is -2.32. The third kappa shape index (κ3) is 3.80.